The van der Waals surface area contributed by atoms with Gasteiger partial charge in [-0.25, -0.2) is 9.97 Å². The monoisotopic (exact) mass is 269 g/mol. The molecule has 0 fully saturated rings. The summed E-state index contributed by atoms with van der Waals surface area (Å²) in [6.45, 7) is 2.11. The molecule has 96 valence electrons. The van der Waals surface area contributed by atoms with Crippen LogP contribution < -0.4 is 5.32 Å². The lowest BCUT2D eigenvalue weighted by Crippen LogP contribution is -1.99. The Hall–Kier alpha value is -1.94. The Labute approximate surface area is 116 Å². The van der Waals surface area contributed by atoms with Crippen molar-refractivity contribution in [3.63, 3.8) is 0 Å². The van der Waals surface area contributed by atoms with Crippen LogP contribution in [0.2, 0.25) is 0 Å². The summed E-state index contributed by atoms with van der Waals surface area (Å²) in [5.74, 6) is 1.68. The second-order valence-electron chi connectivity index (χ2n) is 4.32. The second-order valence-corrected chi connectivity index (χ2v) is 5.23. The van der Waals surface area contributed by atoms with Crippen molar-refractivity contribution in [3.8, 4) is 11.4 Å². The van der Waals surface area contributed by atoms with Crippen LogP contribution >= 0.6 is 11.3 Å². The van der Waals surface area contributed by atoms with E-state index >= 15 is 0 Å². The minimum absolute atomic E-state index is 0.807. The maximum absolute atomic E-state index is 4.65. The Balaban J connectivity index is 2.20. The van der Waals surface area contributed by atoms with Gasteiger partial charge in [0, 0.05) is 39.8 Å². The molecule has 2 aromatic heterocycles. The molecule has 3 aromatic rings. The van der Waals surface area contributed by atoms with Gasteiger partial charge in [-0.2, -0.15) is 0 Å². The van der Waals surface area contributed by atoms with Gasteiger partial charge in [0.05, 0.1) is 0 Å². The molecule has 0 unspecified atom stereocenters. The van der Waals surface area contributed by atoms with Crippen LogP contribution in [0.3, 0.4) is 0 Å². The maximum Gasteiger partial charge on any atom is 0.163 e. The first kappa shape index (κ1) is 12.1. The molecule has 0 amide bonds. The molecule has 1 N–H and O–H groups in total. The van der Waals surface area contributed by atoms with Crippen LogP contribution in [0.1, 0.15) is 12.6 Å². The largest absolute Gasteiger partial charge is 0.373 e. The number of fused-ring (bicyclic) bond motifs is 1. The van der Waals surface area contributed by atoms with Gasteiger partial charge in [0.25, 0.3) is 0 Å². The third kappa shape index (κ3) is 2.19. The van der Waals surface area contributed by atoms with Gasteiger partial charge in [-0.05, 0) is 12.5 Å². The number of rotatable bonds is 3. The van der Waals surface area contributed by atoms with E-state index in [1.807, 2.05) is 13.1 Å². The van der Waals surface area contributed by atoms with Crippen LogP contribution in [0, 0.1) is 0 Å². The lowest BCUT2D eigenvalue weighted by molar-refractivity contribution is 1.01. The van der Waals surface area contributed by atoms with E-state index in [0.717, 1.165) is 29.3 Å². The number of anilines is 1. The van der Waals surface area contributed by atoms with Gasteiger partial charge < -0.3 is 5.32 Å². The minimum Gasteiger partial charge on any atom is -0.373 e. The van der Waals surface area contributed by atoms with Crippen molar-refractivity contribution in [2.45, 2.75) is 13.3 Å². The predicted octanol–water partition coefficient (Wildman–Crippen LogP) is 3.96. The third-order valence-corrected chi connectivity index (χ3v) is 4.08. The molecule has 0 bridgehead atoms. The van der Waals surface area contributed by atoms with Crippen molar-refractivity contribution < 1.29 is 0 Å². The molecule has 0 saturated carbocycles. The van der Waals surface area contributed by atoms with Gasteiger partial charge in [0.2, 0.25) is 0 Å². The molecular formula is C15H15N3S. The van der Waals surface area contributed by atoms with Gasteiger partial charge >= 0.3 is 0 Å². The third-order valence-electron chi connectivity index (χ3n) is 3.12. The number of benzene rings is 1. The summed E-state index contributed by atoms with van der Waals surface area (Å²) in [7, 11) is 1.89. The van der Waals surface area contributed by atoms with Crippen molar-refractivity contribution in [2.75, 3.05) is 12.4 Å². The van der Waals surface area contributed by atoms with E-state index in [2.05, 4.69) is 51.9 Å². The van der Waals surface area contributed by atoms with Crippen LogP contribution in [-0.2, 0) is 6.42 Å². The fourth-order valence-electron chi connectivity index (χ4n) is 2.08. The predicted molar refractivity (Wildman–Crippen MR) is 81.8 cm³/mol. The quantitative estimate of drug-likeness (QED) is 0.782. The van der Waals surface area contributed by atoms with E-state index in [1.54, 1.807) is 11.3 Å². The normalized spacial score (nSPS) is 10.8. The highest BCUT2D eigenvalue weighted by molar-refractivity contribution is 7.17. The van der Waals surface area contributed by atoms with Crippen molar-refractivity contribution in [1.29, 1.82) is 0 Å². The lowest BCUT2D eigenvalue weighted by Gasteiger charge is -2.06. The highest BCUT2D eigenvalue weighted by Gasteiger charge is 2.10. The van der Waals surface area contributed by atoms with Crippen molar-refractivity contribution in [3.05, 3.63) is 41.4 Å². The summed E-state index contributed by atoms with van der Waals surface area (Å²) < 4.78 is 1.27. The molecule has 0 aliphatic carbocycles. The van der Waals surface area contributed by atoms with Gasteiger partial charge in [0.1, 0.15) is 5.82 Å². The molecule has 3 nitrogen and oxygen atoms in total. The van der Waals surface area contributed by atoms with Crippen molar-refractivity contribution >= 4 is 27.2 Å². The standard InChI is InChI=1S/C15H15N3S/c1-3-10-8-14(16-2)18-15(17-10)12-9-19-13-7-5-4-6-11(12)13/h4-9H,3H2,1-2H3,(H,16,17,18). The smallest absolute Gasteiger partial charge is 0.163 e. The Morgan fingerprint density at radius 2 is 2.05 bits per heavy atom. The number of thiophene rings is 1. The number of nitrogens with zero attached hydrogens (tertiary/aromatic N) is 2. The average molecular weight is 269 g/mol. The van der Waals surface area contributed by atoms with Gasteiger partial charge in [-0.3, -0.25) is 0 Å². The number of aromatic nitrogens is 2. The molecule has 2 heterocycles. The van der Waals surface area contributed by atoms with Crippen LogP contribution in [0.5, 0.6) is 0 Å². The molecule has 0 saturated heterocycles. The molecule has 0 atom stereocenters. The fraction of sp³-hybridized carbons (Fsp3) is 0.200. The molecule has 0 aliphatic heterocycles. The molecule has 0 aliphatic rings. The molecular weight excluding hydrogens is 254 g/mol. The zero-order valence-electron chi connectivity index (χ0n) is 11.0. The van der Waals surface area contributed by atoms with E-state index < -0.39 is 0 Å². The zero-order chi connectivity index (χ0) is 13.2. The van der Waals surface area contributed by atoms with Gasteiger partial charge in [-0.15, -0.1) is 11.3 Å². The maximum atomic E-state index is 4.65. The van der Waals surface area contributed by atoms with E-state index in [0.29, 0.717) is 0 Å². The van der Waals surface area contributed by atoms with Crippen molar-refractivity contribution in [1.82, 2.24) is 9.97 Å². The van der Waals surface area contributed by atoms with E-state index in [4.69, 9.17) is 0 Å². The van der Waals surface area contributed by atoms with Crippen LogP contribution in [-0.4, -0.2) is 17.0 Å². The molecule has 4 heteroatoms. The molecule has 0 radical (unpaired) electrons. The highest BCUT2D eigenvalue weighted by Crippen LogP contribution is 2.32. The Morgan fingerprint density at radius 1 is 1.21 bits per heavy atom. The fourth-order valence-corrected chi connectivity index (χ4v) is 3.02. The average Bonchev–Trinajstić information content (AvgIpc) is 2.90. The molecule has 3 rings (SSSR count). The Morgan fingerprint density at radius 3 is 2.84 bits per heavy atom. The summed E-state index contributed by atoms with van der Waals surface area (Å²) in [6, 6.07) is 10.4. The minimum atomic E-state index is 0.807. The first-order chi connectivity index (χ1) is 9.31. The summed E-state index contributed by atoms with van der Waals surface area (Å²) in [5.41, 5.74) is 2.18. The zero-order valence-corrected chi connectivity index (χ0v) is 11.8. The lowest BCUT2D eigenvalue weighted by atomic mass is 10.1. The van der Waals surface area contributed by atoms with Crippen LogP contribution in [0.15, 0.2) is 35.7 Å². The Bertz CT molecular complexity index is 696. The number of hydrogen-bond acceptors (Lipinski definition) is 4. The molecule has 19 heavy (non-hydrogen) atoms. The first-order valence-electron chi connectivity index (χ1n) is 6.34. The van der Waals surface area contributed by atoms with E-state index in [1.165, 1.54) is 10.1 Å². The second kappa shape index (κ2) is 4.97. The SMILES string of the molecule is CCc1cc(NC)nc(-c2csc3ccccc23)n1. The number of nitrogens with one attached hydrogen (secondary N) is 1. The van der Waals surface area contributed by atoms with Crippen molar-refractivity contribution in [2.24, 2.45) is 0 Å². The summed E-state index contributed by atoms with van der Waals surface area (Å²) in [4.78, 5) is 9.22. The van der Waals surface area contributed by atoms with Gasteiger partial charge in [-0.1, -0.05) is 25.1 Å². The Kier molecular flexibility index (Phi) is 3.17. The van der Waals surface area contributed by atoms with Gasteiger partial charge in [0.15, 0.2) is 5.82 Å². The molecule has 1 aromatic carbocycles. The summed E-state index contributed by atoms with van der Waals surface area (Å²) in [5, 5.41) is 6.47. The van der Waals surface area contributed by atoms with E-state index in [9.17, 15) is 0 Å². The number of aryl methyl sites for hydroxylation is 1. The summed E-state index contributed by atoms with van der Waals surface area (Å²) in [6.07, 6.45) is 0.909. The van der Waals surface area contributed by atoms with Crippen LogP contribution in [0.4, 0.5) is 5.82 Å². The van der Waals surface area contributed by atoms with Crippen LogP contribution in [0.25, 0.3) is 21.5 Å². The van der Waals surface area contributed by atoms with E-state index in [-0.39, 0.29) is 0 Å². The topological polar surface area (TPSA) is 37.8 Å². The number of hydrogen-bond donors (Lipinski definition) is 1. The molecule has 0 spiro atoms. The first-order valence-corrected chi connectivity index (χ1v) is 7.22. The highest BCUT2D eigenvalue weighted by atomic mass is 32.1. The summed E-state index contributed by atoms with van der Waals surface area (Å²) >= 11 is 1.74.